The van der Waals surface area contributed by atoms with Gasteiger partial charge in [-0.25, -0.2) is 0 Å². The number of hydrogen-bond donors (Lipinski definition) is 0. The van der Waals surface area contributed by atoms with Crippen molar-refractivity contribution < 1.29 is 0 Å². The molecule has 1 heterocycles. The van der Waals surface area contributed by atoms with E-state index in [-0.39, 0.29) is 0 Å². The van der Waals surface area contributed by atoms with Gasteiger partial charge in [0.05, 0.1) is 16.7 Å². The lowest BCUT2D eigenvalue weighted by Crippen LogP contribution is -2.10. The van der Waals surface area contributed by atoms with Crippen LogP contribution in [0.4, 0.5) is 17.1 Å². The lowest BCUT2D eigenvalue weighted by atomic mass is 9.98. The zero-order valence-electron chi connectivity index (χ0n) is 39.6. The van der Waals surface area contributed by atoms with E-state index in [1.165, 1.54) is 88.2 Å². The summed E-state index contributed by atoms with van der Waals surface area (Å²) < 4.78 is 2.49. The molecule has 0 bridgehead atoms. The van der Waals surface area contributed by atoms with Crippen molar-refractivity contribution in [2.24, 2.45) is 0 Å². The largest absolute Gasteiger partial charge is 0.310 e. The first kappa shape index (κ1) is 42.6. The molecule has 0 unspecified atom stereocenters. The van der Waals surface area contributed by atoms with Gasteiger partial charge in [-0.05, 0) is 139 Å². The first-order valence-electron chi connectivity index (χ1n) is 24.7. The Morgan fingerprint density at radius 2 is 0.625 bits per heavy atom. The van der Waals surface area contributed by atoms with E-state index in [0.29, 0.717) is 0 Å². The van der Waals surface area contributed by atoms with Gasteiger partial charge in [0, 0.05) is 33.4 Å². The molecule has 13 rings (SSSR count). The van der Waals surface area contributed by atoms with E-state index in [2.05, 4.69) is 301 Å². The number of nitrogens with zero attached hydrogens (tertiary/aromatic N) is 2. The second-order valence-electron chi connectivity index (χ2n) is 18.5. The Morgan fingerprint density at radius 1 is 0.222 bits per heavy atom. The van der Waals surface area contributed by atoms with Gasteiger partial charge in [0.2, 0.25) is 0 Å². The lowest BCUT2D eigenvalue weighted by Gasteiger charge is -2.27. The molecule has 2 nitrogen and oxygen atoms in total. The summed E-state index contributed by atoms with van der Waals surface area (Å²) in [6.07, 6.45) is 0. The standard InChI is InChI=1S/C70H48N2/c1-4-16-49(17-5-1)56-24-14-25-57(44-56)53-32-38-62(39-33-53)71(63-40-34-54(35-41-63)58-31-30-52-22-10-11-23-55(52)45-58)64-27-15-26-61(46-64)65-28-12-13-29-68(65)72-69-47-59(50-18-6-2-7-19-50)36-42-66(69)67-43-37-60(48-70(67)72)51-20-8-3-9-21-51/h1-48H. The summed E-state index contributed by atoms with van der Waals surface area (Å²) in [5.41, 5.74) is 20.9. The van der Waals surface area contributed by atoms with Crippen LogP contribution in [0.1, 0.15) is 0 Å². The van der Waals surface area contributed by atoms with Crippen LogP contribution in [-0.4, -0.2) is 4.57 Å². The lowest BCUT2D eigenvalue weighted by molar-refractivity contribution is 1.18. The molecule has 0 saturated heterocycles. The van der Waals surface area contributed by atoms with Crippen molar-refractivity contribution in [1.29, 1.82) is 0 Å². The average Bonchev–Trinajstić information content (AvgIpc) is 3.79. The Morgan fingerprint density at radius 3 is 1.19 bits per heavy atom. The van der Waals surface area contributed by atoms with E-state index in [9.17, 15) is 0 Å². The molecule has 0 N–H and O–H groups in total. The molecular formula is C70H48N2. The maximum absolute atomic E-state index is 2.49. The SMILES string of the molecule is c1ccc(-c2cccc(-c3ccc(N(c4ccc(-c5ccc6ccccc6c5)cc4)c4cccc(-c5ccccc5-n5c6cc(-c7ccccc7)ccc6c6ccc(-c7ccccc7)cc65)c4)cc3)c2)cc1. The van der Waals surface area contributed by atoms with E-state index in [4.69, 9.17) is 0 Å². The molecule has 0 spiro atoms. The molecular weight excluding hydrogens is 869 g/mol. The fourth-order valence-electron chi connectivity index (χ4n) is 10.6. The van der Waals surface area contributed by atoms with E-state index < -0.39 is 0 Å². The summed E-state index contributed by atoms with van der Waals surface area (Å²) in [7, 11) is 0. The molecule has 13 aromatic rings. The van der Waals surface area contributed by atoms with E-state index in [1.807, 2.05) is 0 Å². The Balaban J connectivity index is 0.946. The molecule has 0 aliphatic carbocycles. The molecule has 0 fully saturated rings. The van der Waals surface area contributed by atoms with Crippen LogP contribution < -0.4 is 4.90 Å². The van der Waals surface area contributed by atoms with Gasteiger partial charge < -0.3 is 9.47 Å². The van der Waals surface area contributed by atoms with Crippen LogP contribution >= 0.6 is 0 Å². The first-order chi connectivity index (χ1) is 35.7. The third-order valence-corrected chi connectivity index (χ3v) is 14.2. The van der Waals surface area contributed by atoms with Gasteiger partial charge in [-0.15, -0.1) is 0 Å². The molecule has 338 valence electrons. The van der Waals surface area contributed by atoms with Crippen LogP contribution in [0.15, 0.2) is 291 Å². The van der Waals surface area contributed by atoms with Crippen LogP contribution in [0.5, 0.6) is 0 Å². The van der Waals surface area contributed by atoms with E-state index in [1.54, 1.807) is 0 Å². The highest BCUT2D eigenvalue weighted by molar-refractivity contribution is 6.11. The number of hydrogen-bond acceptors (Lipinski definition) is 1. The van der Waals surface area contributed by atoms with Gasteiger partial charge in [0.25, 0.3) is 0 Å². The highest BCUT2D eigenvalue weighted by atomic mass is 15.1. The Labute approximate surface area is 420 Å². The van der Waals surface area contributed by atoms with Gasteiger partial charge in [-0.1, -0.05) is 224 Å². The molecule has 0 amide bonds. The van der Waals surface area contributed by atoms with Crippen molar-refractivity contribution in [2.75, 3.05) is 4.90 Å². The number of para-hydroxylation sites is 1. The Kier molecular flexibility index (Phi) is 10.9. The maximum atomic E-state index is 2.49. The fourth-order valence-corrected chi connectivity index (χ4v) is 10.6. The van der Waals surface area contributed by atoms with Crippen molar-refractivity contribution in [2.45, 2.75) is 0 Å². The monoisotopic (exact) mass is 916 g/mol. The van der Waals surface area contributed by atoms with E-state index in [0.717, 1.165) is 33.9 Å². The first-order valence-corrected chi connectivity index (χ1v) is 24.7. The number of anilines is 3. The predicted molar refractivity (Wildman–Crippen MR) is 306 cm³/mol. The molecule has 2 heteroatoms. The molecule has 0 atom stereocenters. The highest BCUT2D eigenvalue weighted by Gasteiger charge is 2.20. The molecule has 0 aliphatic rings. The third kappa shape index (κ3) is 8.01. The van der Waals surface area contributed by atoms with Gasteiger partial charge in [0.1, 0.15) is 0 Å². The minimum absolute atomic E-state index is 1.07. The van der Waals surface area contributed by atoms with Crippen LogP contribution in [0.25, 0.3) is 105 Å². The minimum Gasteiger partial charge on any atom is -0.310 e. The third-order valence-electron chi connectivity index (χ3n) is 14.2. The summed E-state index contributed by atoms with van der Waals surface area (Å²) >= 11 is 0. The second-order valence-corrected chi connectivity index (χ2v) is 18.5. The normalized spacial score (nSPS) is 11.3. The van der Waals surface area contributed by atoms with Crippen LogP contribution in [0.2, 0.25) is 0 Å². The molecule has 0 radical (unpaired) electrons. The van der Waals surface area contributed by atoms with Crippen molar-refractivity contribution in [3.05, 3.63) is 291 Å². The van der Waals surface area contributed by atoms with Crippen molar-refractivity contribution in [3.8, 4) is 72.4 Å². The van der Waals surface area contributed by atoms with E-state index >= 15 is 0 Å². The Bertz CT molecular complexity index is 3960. The van der Waals surface area contributed by atoms with Gasteiger partial charge >= 0.3 is 0 Å². The van der Waals surface area contributed by atoms with Crippen LogP contribution in [0.3, 0.4) is 0 Å². The van der Waals surface area contributed by atoms with Crippen molar-refractivity contribution in [3.63, 3.8) is 0 Å². The van der Waals surface area contributed by atoms with Gasteiger partial charge in [-0.2, -0.15) is 0 Å². The van der Waals surface area contributed by atoms with Gasteiger partial charge in [-0.3, -0.25) is 0 Å². The quantitative estimate of drug-likeness (QED) is 0.133. The molecule has 0 saturated carbocycles. The van der Waals surface area contributed by atoms with Crippen molar-refractivity contribution >= 4 is 49.6 Å². The summed E-state index contributed by atoms with van der Waals surface area (Å²) in [6, 6.07) is 106. The molecule has 72 heavy (non-hydrogen) atoms. The number of aromatic nitrogens is 1. The smallest absolute Gasteiger partial charge is 0.0547 e. The average molecular weight is 917 g/mol. The zero-order valence-corrected chi connectivity index (χ0v) is 39.6. The van der Waals surface area contributed by atoms with Crippen molar-refractivity contribution in [1.82, 2.24) is 4.57 Å². The highest BCUT2D eigenvalue weighted by Crippen LogP contribution is 2.43. The topological polar surface area (TPSA) is 8.17 Å². The van der Waals surface area contributed by atoms with Crippen LogP contribution in [-0.2, 0) is 0 Å². The maximum Gasteiger partial charge on any atom is 0.0547 e. The number of rotatable bonds is 10. The predicted octanol–water partition coefficient (Wildman–Crippen LogP) is 19.4. The summed E-state index contributed by atoms with van der Waals surface area (Å²) in [6.45, 7) is 0. The number of benzene rings is 12. The van der Waals surface area contributed by atoms with Crippen LogP contribution in [0, 0.1) is 0 Å². The summed E-state index contributed by atoms with van der Waals surface area (Å²) in [4.78, 5) is 2.39. The molecule has 12 aromatic carbocycles. The zero-order chi connectivity index (χ0) is 47.8. The summed E-state index contributed by atoms with van der Waals surface area (Å²) in [5.74, 6) is 0. The summed E-state index contributed by atoms with van der Waals surface area (Å²) in [5, 5.41) is 4.93. The Hall–Kier alpha value is -9.50. The molecule has 0 aliphatic heterocycles. The minimum atomic E-state index is 1.07. The number of fused-ring (bicyclic) bond motifs is 4. The van der Waals surface area contributed by atoms with Gasteiger partial charge in [0.15, 0.2) is 0 Å². The fraction of sp³-hybridized carbons (Fsp3) is 0. The molecule has 1 aromatic heterocycles. The second kappa shape index (κ2) is 18.4.